The zero-order valence-corrected chi connectivity index (χ0v) is 12.1. The third kappa shape index (κ3) is 4.72. The van der Waals surface area contributed by atoms with Crippen molar-refractivity contribution in [2.45, 2.75) is 37.8 Å². The van der Waals surface area contributed by atoms with Crippen molar-refractivity contribution in [1.82, 2.24) is 9.62 Å². The van der Waals surface area contributed by atoms with Gasteiger partial charge in [0.1, 0.15) is 11.6 Å². The van der Waals surface area contributed by atoms with E-state index in [1.54, 1.807) is 0 Å². The molecule has 1 aliphatic heterocycles. The van der Waals surface area contributed by atoms with Crippen molar-refractivity contribution in [3.05, 3.63) is 0 Å². The summed E-state index contributed by atoms with van der Waals surface area (Å²) in [5.74, 6) is -0.432. The molecule has 1 heterocycles. The number of amides is 1. The number of nitrogens with one attached hydrogen (secondary N) is 1. The van der Waals surface area contributed by atoms with Gasteiger partial charge in [0.05, 0.1) is 12.9 Å². The monoisotopic (exact) mass is 294 g/mol. The average molecular weight is 294 g/mol. The molecule has 1 aliphatic rings. The molecule has 0 spiro atoms. The van der Waals surface area contributed by atoms with E-state index in [-0.39, 0.29) is 6.54 Å². The minimum atomic E-state index is -3.42. The fraction of sp³-hybridized carbons (Fsp3) is 0.909. The summed E-state index contributed by atoms with van der Waals surface area (Å²) >= 11 is 0. The van der Waals surface area contributed by atoms with Gasteiger partial charge in [0, 0.05) is 13.1 Å². The Morgan fingerprint density at radius 3 is 2.63 bits per heavy atom. The van der Waals surface area contributed by atoms with Crippen LogP contribution in [0.5, 0.6) is 0 Å². The molecule has 8 heteroatoms. The number of aliphatic hydroxyl groups excluding tert-OH is 1. The normalized spacial score (nSPS) is 24.7. The smallest absolute Gasteiger partial charge is 0.238 e. The second-order valence-corrected chi connectivity index (χ2v) is 7.19. The van der Waals surface area contributed by atoms with Gasteiger partial charge in [-0.05, 0) is 19.8 Å². The molecule has 0 bridgehead atoms. The summed E-state index contributed by atoms with van der Waals surface area (Å²) in [4.78, 5) is 12.0. The molecule has 0 aromatic heterocycles. The molecular weight excluding hydrogens is 272 g/mol. The summed E-state index contributed by atoms with van der Waals surface area (Å²) in [5.41, 5.74) is -1.40. The van der Waals surface area contributed by atoms with E-state index in [0.717, 1.165) is 19.1 Å². The first-order valence-corrected chi connectivity index (χ1v) is 8.10. The van der Waals surface area contributed by atoms with Crippen LogP contribution >= 0.6 is 0 Å². The Balaban J connectivity index is 2.68. The van der Waals surface area contributed by atoms with Crippen LogP contribution in [-0.2, 0) is 14.8 Å². The highest BCUT2D eigenvalue weighted by molar-refractivity contribution is 7.88. The average Bonchev–Trinajstić information content (AvgIpc) is 2.35. The predicted octanol–water partition coefficient (Wildman–Crippen LogP) is -1.34. The van der Waals surface area contributed by atoms with Gasteiger partial charge in [0.25, 0.3) is 0 Å². The molecule has 2 atom stereocenters. The highest BCUT2D eigenvalue weighted by Gasteiger charge is 2.35. The molecule has 3 N–H and O–H groups in total. The zero-order valence-electron chi connectivity index (χ0n) is 11.3. The lowest BCUT2D eigenvalue weighted by molar-refractivity contribution is -0.127. The van der Waals surface area contributed by atoms with Gasteiger partial charge >= 0.3 is 0 Å². The summed E-state index contributed by atoms with van der Waals surface area (Å²) in [7, 11) is -3.42. The molecule has 2 unspecified atom stereocenters. The van der Waals surface area contributed by atoms with Gasteiger partial charge in [-0.3, -0.25) is 4.79 Å². The van der Waals surface area contributed by atoms with E-state index < -0.39 is 34.2 Å². The van der Waals surface area contributed by atoms with E-state index in [1.165, 1.54) is 11.2 Å². The molecule has 1 fully saturated rings. The Labute approximate surface area is 113 Å². The summed E-state index contributed by atoms with van der Waals surface area (Å²) < 4.78 is 24.4. The van der Waals surface area contributed by atoms with Crippen LogP contribution in [0.1, 0.15) is 26.2 Å². The number of carbonyl (C=O) groups excluding carboxylic acids is 1. The third-order valence-electron chi connectivity index (χ3n) is 3.17. The molecule has 0 radical (unpaired) electrons. The second kappa shape index (κ2) is 6.17. The largest absolute Gasteiger partial charge is 0.393 e. The lowest BCUT2D eigenvalue weighted by Gasteiger charge is -2.33. The van der Waals surface area contributed by atoms with Gasteiger partial charge in [-0.25, -0.2) is 8.42 Å². The van der Waals surface area contributed by atoms with Crippen molar-refractivity contribution in [3.8, 4) is 0 Å². The molecular formula is C11H22N2O5S. The molecule has 112 valence electrons. The van der Waals surface area contributed by atoms with Gasteiger partial charge in [-0.15, -0.1) is 0 Å². The van der Waals surface area contributed by atoms with Crippen LogP contribution < -0.4 is 5.32 Å². The first-order chi connectivity index (χ1) is 8.67. The molecule has 0 saturated carbocycles. The summed E-state index contributed by atoms with van der Waals surface area (Å²) in [6.45, 7) is 1.14. The van der Waals surface area contributed by atoms with Gasteiger partial charge in [0.15, 0.2) is 0 Å². The maximum atomic E-state index is 12.0. The fourth-order valence-electron chi connectivity index (χ4n) is 2.02. The quantitative estimate of drug-likeness (QED) is 0.582. The molecule has 0 aromatic rings. The minimum absolute atomic E-state index is 0.115. The van der Waals surface area contributed by atoms with E-state index in [0.29, 0.717) is 13.0 Å². The van der Waals surface area contributed by atoms with E-state index in [4.69, 9.17) is 5.11 Å². The van der Waals surface area contributed by atoms with Crippen LogP contribution in [-0.4, -0.2) is 66.4 Å². The minimum Gasteiger partial charge on any atom is -0.393 e. The van der Waals surface area contributed by atoms with Crippen LogP contribution in [0.2, 0.25) is 0 Å². The Bertz CT molecular complexity index is 421. The number of nitrogens with zero attached hydrogens (tertiary/aromatic N) is 1. The molecule has 0 aromatic carbocycles. The van der Waals surface area contributed by atoms with E-state index in [1.807, 2.05) is 0 Å². The van der Waals surface area contributed by atoms with Crippen LogP contribution in [0.3, 0.4) is 0 Å². The summed E-state index contributed by atoms with van der Waals surface area (Å²) in [6.07, 6.45) is 3.09. The molecule has 7 nitrogen and oxygen atoms in total. The summed E-state index contributed by atoms with van der Waals surface area (Å²) in [6, 6.07) is -0.724. The highest BCUT2D eigenvalue weighted by atomic mass is 32.2. The highest BCUT2D eigenvalue weighted by Crippen LogP contribution is 2.20. The maximum Gasteiger partial charge on any atom is 0.238 e. The SMILES string of the molecule is CC(O)(CO)CNC(=O)C1CCCCN1S(C)(=O)=O. The van der Waals surface area contributed by atoms with Crippen molar-refractivity contribution < 1.29 is 23.4 Å². The van der Waals surface area contributed by atoms with E-state index >= 15 is 0 Å². The first kappa shape index (κ1) is 16.4. The maximum absolute atomic E-state index is 12.0. The molecule has 1 saturated heterocycles. The van der Waals surface area contributed by atoms with Gasteiger partial charge in [-0.1, -0.05) is 6.42 Å². The molecule has 1 amide bonds. The Hall–Kier alpha value is -0.700. The number of aliphatic hydroxyl groups is 2. The van der Waals surface area contributed by atoms with Crippen LogP contribution in [0, 0.1) is 0 Å². The van der Waals surface area contributed by atoms with Crippen molar-refractivity contribution in [2.24, 2.45) is 0 Å². The molecule has 1 rings (SSSR count). The summed E-state index contributed by atoms with van der Waals surface area (Å²) in [5, 5.41) is 21.0. The standard InChI is InChI=1S/C11H22N2O5S/c1-11(16,8-14)7-12-10(15)9-5-3-4-6-13(9)19(2,17)18/h9,14,16H,3-8H2,1-2H3,(H,12,15). The van der Waals surface area contributed by atoms with Crippen LogP contribution in [0.4, 0.5) is 0 Å². The topological polar surface area (TPSA) is 107 Å². The molecule has 0 aliphatic carbocycles. The van der Waals surface area contributed by atoms with Crippen molar-refractivity contribution >= 4 is 15.9 Å². The first-order valence-electron chi connectivity index (χ1n) is 6.25. The lowest BCUT2D eigenvalue weighted by Crippen LogP contribution is -2.54. The predicted molar refractivity (Wildman–Crippen MR) is 69.9 cm³/mol. The Morgan fingerprint density at radius 2 is 2.11 bits per heavy atom. The number of piperidine rings is 1. The number of carbonyl (C=O) groups is 1. The van der Waals surface area contributed by atoms with Crippen molar-refractivity contribution in [2.75, 3.05) is 26.0 Å². The number of hydrogen-bond donors (Lipinski definition) is 3. The van der Waals surface area contributed by atoms with E-state index in [9.17, 15) is 18.3 Å². The lowest BCUT2D eigenvalue weighted by atomic mass is 10.0. The van der Waals surface area contributed by atoms with Gasteiger partial charge in [0.2, 0.25) is 15.9 Å². The van der Waals surface area contributed by atoms with Crippen molar-refractivity contribution in [3.63, 3.8) is 0 Å². The van der Waals surface area contributed by atoms with Gasteiger partial charge < -0.3 is 15.5 Å². The van der Waals surface area contributed by atoms with Gasteiger partial charge in [-0.2, -0.15) is 4.31 Å². The third-order valence-corrected chi connectivity index (χ3v) is 4.46. The second-order valence-electron chi connectivity index (χ2n) is 5.26. The Morgan fingerprint density at radius 1 is 1.47 bits per heavy atom. The van der Waals surface area contributed by atoms with Crippen LogP contribution in [0.25, 0.3) is 0 Å². The number of hydrogen-bond acceptors (Lipinski definition) is 5. The molecule has 19 heavy (non-hydrogen) atoms. The fourth-order valence-corrected chi connectivity index (χ4v) is 3.14. The number of sulfonamides is 1. The number of rotatable bonds is 5. The van der Waals surface area contributed by atoms with Crippen LogP contribution in [0.15, 0.2) is 0 Å². The zero-order chi connectivity index (χ0) is 14.7. The van der Waals surface area contributed by atoms with E-state index in [2.05, 4.69) is 5.32 Å². The Kier molecular flexibility index (Phi) is 5.31. The van der Waals surface area contributed by atoms with Crippen molar-refractivity contribution in [1.29, 1.82) is 0 Å².